The van der Waals surface area contributed by atoms with Gasteiger partial charge in [0.15, 0.2) is 5.96 Å². The molecule has 1 aliphatic heterocycles. The Morgan fingerprint density at radius 2 is 2.18 bits per heavy atom. The molecule has 6 heteroatoms. The summed E-state index contributed by atoms with van der Waals surface area (Å²) in [6.07, 6.45) is 2.95. The van der Waals surface area contributed by atoms with Crippen molar-refractivity contribution in [3.8, 4) is 11.5 Å². The van der Waals surface area contributed by atoms with Crippen LogP contribution in [-0.2, 0) is 19.5 Å². The molecule has 0 amide bonds. The van der Waals surface area contributed by atoms with Gasteiger partial charge in [-0.1, -0.05) is 6.07 Å². The van der Waals surface area contributed by atoms with Gasteiger partial charge in [0.2, 0.25) is 0 Å². The van der Waals surface area contributed by atoms with Crippen LogP contribution < -0.4 is 20.1 Å². The smallest absolute Gasteiger partial charge is 0.191 e. The maximum atomic E-state index is 5.91. The molecule has 0 fully saturated rings. The van der Waals surface area contributed by atoms with E-state index in [1.54, 1.807) is 0 Å². The summed E-state index contributed by atoms with van der Waals surface area (Å²) in [5.41, 5.74) is 4.41. The van der Waals surface area contributed by atoms with Gasteiger partial charge in [-0.15, -0.1) is 0 Å². The third-order valence-corrected chi connectivity index (χ3v) is 4.67. The molecule has 0 saturated carbocycles. The topological polar surface area (TPSA) is 67.8 Å². The minimum atomic E-state index is 0.212. The molecule has 0 spiro atoms. The largest absolute Gasteiger partial charge is 0.494 e. The number of nitrogens with zero attached hydrogens (tertiary/aromatic N) is 2. The Morgan fingerprint density at radius 3 is 2.93 bits per heavy atom. The number of hydrogen-bond acceptors (Lipinski definition) is 4. The van der Waals surface area contributed by atoms with Crippen molar-refractivity contribution < 1.29 is 9.47 Å². The summed E-state index contributed by atoms with van der Waals surface area (Å²) in [5, 5.41) is 6.66. The molecular weight excluding hydrogens is 352 g/mol. The van der Waals surface area contributed by atoms with E-state index in [1.807, 2.05) is 19.2 Å². The molecule has 1 aromatic carbocycles. The summed E-state index contributed by atoms with van der Waals surface area (Å²) >= 11 is 0. The highest BCUT2D eigenvalue weighted by atomic mass is 16.5. The van der Waals surface area contributed by atoms with Crippen LogP contribution in [0.1, 0.15) is 43.2 Å². The van der Waals surface area contributed by atoms with E-state index in [4.69, 9.17) is 14.5 Å². The van der Waals surface area contributed by atoms with Crippen molar-refractivity contribution in [2.24, 2.45) is 4.99 Å². The third kappa shape index (κ3) is 4.94. The SMILES string of the molecule is CCNC(=NCc1cc2c(cc1OCC)CC(C)O2)NCc1ncccc1C. The molecule has 150 valence electrons. The molecule has 3 rings (SSSR count). The second-order valence-corrected chi connectivity index (χ2v) is 6.95. The summed E-state index contributed by atoms with van der Waals surface area (Å²) < 4.78 is 11.8. The van der Waals surface area contributed by atoms with E-state index in [2.05, 4.69) is 54.6 Å². The number of nitrogens with one attached hydrogen (secondary N) is 2. The van der Waals surface area contributed by atoms with E-state index in [9.17, 15) is 0 Å². The first-order valence-electron chi connectivity index (χ1n) is 9.98. The number of fused-ring (bicyclic) bond motifs is 1. The lowest BCUT2D eigenvalue weighted by Gasteiger charge is -2.14. The van der Waals surface area contributed by atoms with Crippen LogP contribution >= 0.6 is 0 Å². The van der Waals surface area contributed by atoms with Crippen LogP contribution in [0.5, 0.6) is 11.5 Å². The van der Waals surface area contributed by atoms with Crippen molar-refractivity contribution >= 4 is 5.96 Å². The highest BCUT2D eigenvalue weighted by Crippen LogP contribution is 2.35. The zero-order chi connectivity index (χ0) is 19.9. The zero-order valence-corrected chi connectivity index (χ0v) is 17.2. The van der Waals surface area contributed by atoms with Crippen LogP contribution in [0.25, 0.3) is 0 Å². The van der Waals surface area contributed by atoms with Crippen molar-refractivity contribution in [2.75, 3.05) is 13.2 Å². The number of pyridine rings is 1. The van der Waals surface area contributed by atoms with Crippen LogP contribution in [0.3, 0.4) is 0 Å². The lowest BCUT2D eigenvalue weighted by atomic mass is 10.1. The van der Waals surface area contributed by atoms with Gasteiger partial charge in [-0.3, -0.25) is 4.98 Å². The van der Waals surface area contributed by atoms with E-state index in [-0.39, 0.29) is 6.10 Å². The van der Waals surface area contributed by atoms with Gasteiger partial charge >= 0.3 is 0 Å². The maximum absolute atomic E-state index is 5.91. The van der Waals surface area contributed by atoms with Crippen LogP contribution in [-0.4, -0.2) is 30.2 Å². The quantitative estimate of drug-likeness (QED) is 0.568. The lowest BCUT2D eigenvalue weighted by Crippen LogP contribution is -2.37. The molecule has 1 aromatic heterocycles. The summed E-state index contributed by atoms with van der Waals surface area (Å²) in [4.78, 5) is 9.18. The van der Waals surface area contributed by atoms with Crippen molar-refractivity contribution in [1.82, 2.24) is 15.6 Å². The van der Waals surface area contributed by atoms with Gasteiger partial charge in [0.25, 0.3) is 0 Å². The van der Waals surface area contributed by atoms with E-state index in [0.29, 0.717) is 19.7 Å². The van der Waals surface area contributed by atoms with E-state index >= 15 is 0 Å². The second-order valence-electron chi connectivity index (χ2n) is 6.95. The summed E-state index contributed by atoms with van der Waals surface area (Å²) in [6, 6.07) is 8.18. The number of aliphatic imine (C=N–C) groups is 1. The molecule has 1 unspecified atom stereocenters. The van der Waals surface area contributed by atoms with Crippen molar-refractivity contribution in [1.29, 1.82) is 0 Å². The predicted molar refractivity (Wildman–Crippen MR) is 112 cm³/mol. The fraction of sp³-hybridized carbons (Fsp3) is 0.455. The third-order valence-electron chi connectivity index (χ3n) is 4.67. The number of rotatable bonds is 7. The Hall–Kier alpha value is -2.76. The highest BCUT2D eigenvalue weighted by molar-refractivity contribution is 5.79. The summed E-state index contributed by atoms with van der Waals surface area (Å²) in [5.74, 6) is 2.59. The molecule has 2 N–H and O–H groups in total. The minimum absolute atomic E-state index is 0.212. The molecule has 0 aliphatic carbocycles. The zero-order valence-electron chi connectivity index (χ0n) is 17.2. The normalized spacial score (nSPS) is 15.7. The first-order valence-corrected chi connectivity index (χ1v) is 9.98. The molecule has 1 atom stereocenters. The molecule has 0 saturated heterocycles. The standard InChI is InChI=1S/C22H30N4O2/c1-5-23-22(26-14-19-15(3)8-7-9-24-19)25-13-18-12-21-17(10-16(4)28-21)11-20(18)27-6-2/h7-9,11-12,16H,5-6,10,13-14H2,1-4H3,(H2,23,25,26). The van der Waals surface area contributed by atoms with Gasteiger partial charge < -0.3 is 20.1 Å². The van der Waals surface area contributed by atoms with Crippen molar-refractivity contribution in [3.05, 3.63) is 52.8 Å². The first-order chi connectivity index (χ1) is 13.6. The van der Waals surface area contributed by atoms with Crippen molar-refractivity contribution in [2.45, 2.75) is 53.3 Å². The van der Waals surface area contributed by atoms with Crippen LogP contribution in [0, 0.1) is 6.92 Å². The number of ether oxygens (including phenoxy) is 2. The van der Waals surface area contributed by atoms with E-state index in [0.717, 1.165) is 47.2 Å². The Balaban J connectivity index is 1.75. The fourth-order valence-electron chi connectivity index (χ4n) is 3.27. The maximum Gasteiger partial charge on any atom is 0.191 e. The van der Waals surface area contributed by atoms with Gasteiger partial charge in [0.1, 0.15) is 17.6 Å². The van der Waals surface area contributed by atoms with Crippen LogP contribution in [0.2, 0.25) is 0 Å². The van der Waals surface area contributed by atoms with Gasteiger partial charge in [-0.25, -0.2) is 4.99 Å². The molecule has 2 heterocycles. The number of aromatic nitrogens is 1. The minimum Gasteiger partial charge on any atom is -0.494 e. The number of guanidine groups is 1. The predicted octanol–water partition coefficient (Wildman–Crippen LogP) is 3.37. The number of aryl methyl sites for hydroxylation is 1. The Labute approximate surface area is 167 Å². The van der Waals surface area contributed by atoms with Gasteiger partial charge in [0.05, 0.1) is 25.4 Å². The average molecular weight is 383 g/mol. The molecular formula is C22H30N4O2. The Bertz CT molecular complexity index is 835. The average Bonchev–Trinajstić information content (AvgIpc) is 3.04. The molecule has 2 aromatic rings. The molecule has 0 radical (unpaired) electrons. The molecule has 6 nitrogen and oxygen atoms in total. The van der Waals surface area contributed by atoms with Crippen molar-refractivity contribution in [3.63, 3.8) is 0 Å². The van der Waals surface area contributed by atoms with Crippen LogP contribution in [0.15, 0.2) is 35.5 Å². The highest BCUT2D eigenvalue weighted by Gasteiger charge is 2.21. The van der Waals surface area contributed by atoms with Crippen LogP contribution in [0.4, 0.5) is 0 Å². The Kier molecular flexibility index (Phi) is 6.74. The molecule has 28 heavy (non-hydrogen) atoms. The van der Waals surface area contributed by atoms with E-state index in [1.165, 1.54) is 5.56 Å². The number of benzene rings is 1. The van der Waals surface area contributed by atoms with Gasteiger partial charge in [0, 0.05) is 30.3 Å². The summed E-state index contributed by atoms with van der Waals surface area (Å²) in [6.45, 7) is 10.8. The van der Waals surface area contributed by atoms with Gasteiger partial charge in [-0.2, -0.15) is 0 Å². The first kappa shape index (κ1) is 20.0. The molecule has 1 aliphatic rings. The fourth-order valence-corrected chi connectivity index (χ4v) is 3.27. The Morgan fingerprint density at radius 1 is 1.32 bits per heavy atom. The monoisotopic (exact) mass is 382 g/mol. The van der Waals surface area contributed by atoms with Gasteiger partial charge in [-0.05, 0) is 51.5 Å². The second kappa shape index (κ2) is 9.44. The number of hydrogen-bond donors (Lipinski definition) is 2. The molecule has 0 bridgehead atoms. The summed E-state index contributed by atoms with van der Waals surface area (Å²) in [7, 11) is 0. The van der Waals surface area contributed by atoms with E-state index < -0.39 is 0 Å². The lowest BCUT2D eigenvalue weighted by molar-refractivity contribution is 0.254.